The van der Waals surface area contributed by atoms with Gasteiger partial charge in [-0.25, -0.2) is 4.98 Å². The fourth-order valence-corrected chi connectivity index (χ4v) is 2.70. The Labute approximate surface area is 124 Å². The molecule has 0 aliphatic rings. The Bertz CT molecular complexity index is 595. The first-order valence-electron chi connectivity index (χ1n) is 6.08. The maximum atomic E-state index is 12.7. The quantitative estimate of drug-likeness (QED) is 0.594. The van der Waals surface area contributed by atoms with Gasteiger partial charge in [0.05, 0.1) is 22.5 Å². The maximum Gasteiger partial charge on any atom is 0.416 e. The van der Waals surface area contributed by atoms with Crippen molar-refractivity contribution in [2.24, 2.45) is 0 Å². The molecule has 2 aromatic rings. The summed E-state index contributed by atoms with van der Waals surface area (Å²) in [7, 11) is 0. The summed E-state index contributed by atoms with van der Waals surface area (Å²) in [5.41, 5.74) is 0.370. The molecule has 2 rings (SSSR count). The number of fused-ring (bicyclic) bond motifs is 1. The lowest BCUT2D eigenvalue weighted by atomic mass is 10.2. The largest absolute Gasteiger partial charge is 0.416 e. The lowest BCUT2D eigenvalue weighted by Gasteiger charge is -2.08. The fraction of sp³-hybridized carbons (Fsp3) is 0.462. The monoisotopic (exact) mass is 322 g/mol. The number of benzene rings is 1. The van der Waals surface area contributed by atoms with Gasteiger partial charge in [-0.05, 0) is 36.6 Å². The number of thioether (sulfide) groups is 1. The molecule has 20 heavy (non-hydrogen) atoms. The molecule has 2 nitrogen and oxygen atoms in total. The zero-order valence-electron chi connectivity index (χ0n) is 10.9. The Morgan fingerprint density at radius 1 is 1.35 bits per heavy atom. The van der Waals surface area contributed by atoms with Crippen LogP contribution in [0, 0.1) is 0 Å². The minimum Gasteiger partial charge on any atom is -0.327 e. The highest BCUT2D eigenvalue weighted by Gasteiger charge is 2.31. The van der Waals surface area contributed by atoms with E-state index in [1.54, 1.807) is 11.8 Å². The number of hydrogen-bond acceptors (Lipinski definition) is 2. The van der Waals surface area contributed by atoms with Crippen molar-refractivity contribution in [1.29, 1.82) is 0 Å². The second kappa shape index (κ2) is 6.26. The summed E-state index contributed by atoms with van der Waals surface area (Å²) >= 11 is 7.57. The molecule has 1 heterocycles. The van der Waals surface area contributed by atoms with Gasteiger partial charge in [-0.2, -0.15) is 24.9 Å². The summed E-state index contributed by atoms with van der Waals surface area (Å²) in [6.45, 7) is 0.713. The van der Waals surface area contributed by atoms with Gasteiger partial charge in [0.1, 0.15) is 5.82 Å². The lowest BCUT2D eigenvalue weighted by molar-refractivity contribution is -0.137. The number of aromatic nitrogens is 2. The van der Waals surface area contributed by atoms with Crippen LogP contribution < -0.4 is 0 Å². The average molecular weight is 323 g/mol. The van der Waals surface area contributed by atoms with Gasteiger partial charge in [0.15, 0.2) is 0 Å². The van der Waals surface area contributed by atoms with Crippen molar-refractivity contribution in [2.45, 2.75) is 25.0 Å². The second-order valence-electron chi connectivity index (χ2n) is 4.36. The summed E-state index contributed by atoms with van der Waals surface area (Å²) in [6.07, 6.45) is -1.40. The van der Waals surface area contributed by atoms with Crippen LogP contribution >= 0.6 is 23.4 Å². The van der Waals surface area contributed by atoms with Crippen LogP contribution in [-0.2, 0) is 18.6 Å². The smallest absolute Gasteiger partial charge is 0.327 e. The van der Waals surface area contributed by atoms with Crippen LogP contribution in [0.4, 0.5) is 13.2 Å². The minimum absolute atomic E-state index is 0.190. The Morgan fingerprint density at radius 2 is 2.10 bits per heavy atom. The van der Waals surface area contributed by atoms with Crippen LogP contribution in [0.3, 0.4) is 0 Å². The van der Waals surface area contributed by atoms with E-state index >= 15 is 0 Å². The van der Waals surface area contributed by atoms with E-state index in [0.29, 0.717) is 23.4 Å². The van der Waals surface area contributed by atoms with E-state index in [-0.39, 0.29) is 5.88 Å². The molecule has 0 fully saturated rings. The van der Waals surface area contributed by atoms with Crippen molar-refractivity contribution in [2.75, 3.05) is 12.0 Å². The van der Waals surface area contributed by atoms with E-state index < -0.39 is 11.7 Å². The topological polar surface area (TPSA) is 17.8 Å². The summed E-state index contributed by atoms with van der Waals surface area (Å²) in [6, 6.07) is 3.64. The van der Waals surface area contributed by atoms with E-state index in [1.165, 1.54) is 6.07 Å². The van der Waals surface area contributed by atoms with Crippen LogP contribution in [0.15, 0.2) is 18.2 Å². The third-order valence-corrected chi connectivity index (χ3v) is 3.94. The summed E-state index contributed by atoms with van der Waals surface area (Å²) in [5, 5.41) is 0. The van der Waals surface area contributed by atoms with E-state index in [1.807, 2.05) is 10.8 Å². The zero-order chi connectivity index (χ0) is 14.8. The Morgan fingerprint density at radius 3 is 2.70 bits per heavy atom. The molecule has 0 amide bonds. The van der Waals surface area contributed by atoms with Gasteiger partial charge >= 0.3 is 6.18 Å². The highest BCUT2D eigenvalue weighted by Crippen LogP contribution is 2.31. The molecule has 1 aromatic carbocycles. The normalized spacial score (nSPS) is 12.2. The van der Waals surface area contributed by atoms with Gasteiger partial charge < -0.3 is 4.57 Å². The number of imidazole rings is 1. The second-order valence-corrected chi connectivity index (χ2v) is 5.61. The van der Waals surface area contributed by atoms with Crippen LogP contribution in [0.25, 0.3) is 11.0 Å². The predicted molar refractivity (Wildman–Crippen MR) is 77.3 cm³/mol. The van der Waals surface area contributed by atoms with Crippen molar-refractivity contribution >= 4 is 34.4 Å². The maximum absolute atomic E-state index is 12.7. The zero-order valence-corrected chi connectivity index (χ0v) is 12.4. The third kappa shape index (κ3) is 3.23. The van der Waals surface area contributed by atoms with Crippen LogP contribution in [0.5, 0.6) is 0 Å². The standard InChI is InChI=1S/C13H14ClF3N2S/c1-20-6-2-5-19-11-4-3-9(13(15,16)17)7-10(11)18-12(19)8-14/h3-4,7H,2,5-6,8H2,1H3. The van der Waals surface area contributed by atoms with Gasteiger partial charge in [0, 0.05) is 6.54 Å². The van der Waals surface area contributed by atoms with Crippen LogP contribution in [0.1, 0.15) is 17.8 Å². The van der Waals surface area contributed by atoms with Crippen molar-refractivity contribution in [1.82, 2.24) is 9.55 Å². The Kier molecular flexibility index (Phi) is 4.86. The minimum atomic E-state index is -4.35. The molecular formula is C13H14ClF3N2S. The van der Waals surface area contributed by atoms with Crippen molar-refractivity contribution < 1.29 is 13.2 Å². The molecule has 0 unspecified atom stereocenters. The van der Waals surface area contributed by atoms with Crippen molar-refractivity contribution in [3.05, 3.63) is 29.6 Å². The van der Waals surface area contributed by atoms with Crippen molar-refractivity contribution in [3.8, 4) is 0 Å². The number of nitrogens with zero attached hydrogens (tertiary/aromatic N) is 2. The summed E-state index contributed by atoms with van der Waals surface area (Å²) < 4.78 is 40.0. The Hall–Kier alpha value is -0.880. The molecular weight excluding hydrogens is 309 g/mol. The lowest BCUT2D eigenvalue weighted by Crippen LogP contribution is -2.05. The van der Waals surface area contributed by atoms with Crippen LogP contribution in [0.2, 0.25) is 0 Å². The molecule has 0 bridgehead atoms. The fourth-order valence-electron chi connectivity index (χ4n) is 2.07. The molecule has 0 spiro atoms. The molecule has 0 atom stereocenters. The number of halogens is 4. The molecule has 110 valence electrons. The first kappa shape index (κ1) is 15.5. The highest BCUT2D eigenvalue weighted by molar-refractivity contribution is 7.98. The Balaban J connectivity index is 2.41. The average Bonchev–Trinajstić information content (AvgIpc) is 2.75. The summed E-state index contributed by atoms with van der Waals surface area (Å²) in [4.78, 5) is 4.21. The third-order valence-electron chi connectivity index (χ3n) is 3.00. The highest BCUT2D eigenvalue weighted by atomic mass is 35.5. The number of rotatable bonds is 5. The van der Waals surface area contributed by atoms with Gasteiger partial charge in [-0.3, -0.25) is 0 Å². The first-order valence-corrected chi connectivity index (χ1v) is 8.01. The number of alkyl halides is 4. The van der Waals surface area contributed by atoms with Crippen molar-refractivity contribution in [3.63, 3.8) is 0 Å². The van der Waals surface area contributed by atoms with E-state index in [9.17, 15) is 13.2 Å². The van der Waals surface area contributed by atoms with Gasteiger partial charge in [-0.1, -0.05) is 0 Å². The molecule has 1 aromatic heterocycles. The van der Waals surface area contributed by atoms with E-state index in [4.69, 9.17) is 11.6 Å². The molecule has 7 heteroatoms. The number of hydrogen-bond donors (Lipinski definition) is 0. The first-order chi connectivity index (χ1) is 9.47. The van der Waals surface area contributed by atoms with Gasteiger partial charge in [-0.15, -0.1) is 11.6 Å². The van der Waals surface area contributed by atoms with E-state index in [0.717, 1.165) is 24.3 Å². The van der Waals surface area contributed by atoms with Gasteiger partial charge in [0.25, 0.3) is 0 Å². The van der Waals surface area contributed by atoms with E-state index in [2.05, 4.69) is 4.98 Å². The molecule has 0 saturated carbocycles. The molecule has 0 N–H and O–H groups in total. The van der Waals surface area contributed by atoms with Gasteiger partial charge in [0.2, 0.25) is 0 Å². The SMILES string of the molecule is CSCCCn1c(CCl)nc2cc(C(F)(F)F)ccc21. The summed E-state index contributed by atoms with van der Waals surface area (Å²) in [5.74, 6) is 1.79. The van der Waals surface area contributed by atoms with Crippen LogP contribution in [-0.4, -0.2) is 21.6 Å². The molecule has 0 aliphatic heterocycles. The molecule has 0 radical (unpaired) electrons. The molecule has 0 aliphatic carbocycles. The predicted octanol–water partition coefficient (Wildman–Crippen LogP) is 4.55. The number of aryl methyl sites for hydroxylation is 1. The molecule has 0 saturated heterocycles.